The molecule has 5 unspecified atom stereocenters. The summed E-state index contributed by atoms with van der Waals surface area (Å²) >= 11 is 0. The molecule has 3 amide bonds. The lowest BCUT2D eigenvalue weighted by Gasteiger charge is -2.29. The molecular weight excluding hydrogens is 646 g/mol. The third kappa shape index (κ3) is 13.8. The van der Waals surface area contributed by atoms with Gasteiger partial charge in [0.25, 0.3) is 0 Å². The molecular formula is C40H59N5O6. The van der Waals surface area contributed by atoms with Gasteiger partial charge in [-0.05, 0) is 55.6 Å². The highest BCUT2D eigenvalue weighted by Gasteiger charge is 2.50. The summed E-state index contributed by atoms with van der Waals surface area (Å²) in [6, 6.07) is 17.2. The van der Waals surface area contributed by atoms with Crippen LogP contribution in [0.3, 0.4) is 0 Å². The normalized spacial score (nSPS) is 19.9. The molecule has 11 heteroatoms. The number of hydrogen-bond donors (Lipinski definition) is 4. The first-order chi connectivity index (χ1) is 24.4. The van der Waals surface area contributed by atoms with Crippen LogP contribution in [0.5, 0.6) is 0 Å². The molecule has 0 bridgehead atoms. The molecule has 0 spiro atoms. The Labute approximate surface area is 304 Å². The van der Waals surface area contributed by atoms with Crippen LogP contribution >= 0.6 is 0 Å². The molecule has 5 atom stereocenters. The lowest BCUT2D eigenvalue weighted by molar-refractivity contribution is -0.133. The van der Waals surface area contributed by atoms with Crippen molar-refractivity contribution >= 4 is 23.5 Å². The molecule has 4 rings (SSSR count). The van der Waals surface area contributed by atoms with Crippen molar-refractivity contribution in [2.75, 3.05) is 46.0 Å². The minimum atomic E-state index is -0.908. The van der Waals surface area contributed by atoms with E-state index in [1.165, 1.54) is 5.56 Å². The van der Waals surface area contributed by atoms with Crippen LogP contribution in [0.2, 0.25) is 0 Å². The molecule has 2 aliphatic rings. The lowest BCUT2D eigenvalue weighted by atomic mass is 9.93. The third-order valence-corrected chi connectivity index (χ3v) is 9.45. The monoisotopic (exact) mass is 705 g/mol. The number of nitrogens with zero attached hydrogens (tertiary/aromatic N) is 1. The van der Waals surface area contributed by atoms with Crippen molar-refractivity contribution in [2.45, 2.75) is 96.5 Å². The van der Waals surface area contributed by atoms with Gasteiger partial charge in [0.15, 0.2) is 5.78 Å². The maximum absolute atomic E-state index is 14.1. The first-order valence-corrected chi connectivity index (χ1v) is 18.6. The summed E-state index contributed by atoms with van der Waals surface area (Å²) in [5.74, 6) is -0.573. The van der Waals surface area contributed by atoms with Gasteiger partial charge in [0.2, 0.25) is 17.7 Å². The Morgan fingerprint density at radius 3 is 1.90 bits per heavy atom. The summed E-state index contributed by atoms with van der Waals surface area (Å²) in [4.78, 5) is 56.6. The van der Waals surface area contributed by atoms with E-state index in [-0.39, 0.29) is 41.9 Å². The number of aryl methyl sites for hydroxylation is 1. The van der Waals surface area contributed by atoms with Crippen LogP contribution in [0.4, 0.5) is 0 Å². The van der Waals surface area contributed by atoms with Crippen molar-refractivity contribution in [3.05, 3.63) is 71.8 Å². The van der Waals surface area contributed by atoms with Gasteiger partial charge in [-0.3, -0.25) is 24.1 Å². The standard InChI is InChI=1S/C40H59N5O6/c1-28(2)22-33(37(47)40(5)27-51-40)43-39(49)35(24-31-14-10-7-11-15-31)44-38(48)34(23-29(3)4)41-25-32(17-16-30-12-8-6-9-13-30)42-36(46)26-45-18-20-50-21-19-45/h6-15,28-29,32-35,41H,16-27H2,1-5H3,(H,42,46)(H,43,49)(H,44,48). The summed E-state index contributed by atoms with van der Waals surface area (Å²) in [6.07, 6.45) is 2.72. The van der Waals surface area contributed by atoms with Crippen LogP contribution in [-0.2, 0) is 41.5 Å². The average molecular weight is 706 g/mol. The number of Topliss-reactive ketones (excluding diaryl/α,β-unsaturated/α-hetero) is 1. The second-order valence-corrected chi connectivity index (χ2v) is 15.1. The van der Waals surface area contributed by atoms with Gasteiger partial charge in [-0.15, -0.1) is 0 Å². The van der Waals surface area contributed by atoms with Gasteiger partial charge >= 0.3 is 0 Å². The Balaban J connectivity index is 1.47. The van der Waals surface area contributed by atoms with Crippen molar-refractivity contribution in [1.29, 1.82) is 0 Å². The highest BCUT2D eigenvalue weighted by molar-refractivity contribution is 5.98. The lowest BCUT2D eigenvalue weighted by Crippen LogP contribution is -2.58. The zero-order valence-electron chi connectivity index (χ0n) is 31.1. The fourth-order valence-corrected chi connectivity index (χ4v) is 6.41. The van der Waals surface area contributed by atoms with Gasteiger partial charge in [0.1, 0.15) is 11.6 Å². The highest BCUT2D eigenvalue weighted by Crippen LogP contribution is 2.29. The molecule has 0 aliphatic carbocycles. The van der Waals surface area contributed by atoms with E-state index in [9.17, 15) is 19.2 Å². The van der Waals surface area contributed by atoms with Crippen LogP contribution in [-0.4, -0.2) is 104 Å². The Morgan fingerprint density at radius 2 is 1.31 bits per heavy atom. The highest BCUT2D eigenvalue weighted by atomic mass is 16.6. The number of ketones is 1. The van der Waals surface area contributed by atoms with Crippen LogP contribution in [0, 0.1) is 11.8 Å². The molecule has 0 saturated carbocycles. The number of carbonyl (C=O) groups is 4. The molecule has 280 valence electrons. The fraction of sp³-hybridized carbons (Fsp3) is 0.600. The van der Waals surface area contributed by atoms with E-state index in [2.05, 4.69) is 52.1 Å². The number of epoxide rings is 1. The van der Waals surface area contributed by atoms with Crippen LogP contribution < -0.4 is 21.3 Å². The molecule has 0 aromatic heterocycles. The molecule has 0 radical (unpaired) electrons. The number of nitrogens with one attached hydrogen (secondary N) is 4. The van der Waals surface area contributed by atoms with Crippen LogP contribution in [0.25, 0.3) is 0 Å². The maximum Gasteiger partial charge on any atom is 0.243 e. The Kier molecular flexibility index (Phi) is 15.6. The number of morpholine rings is 1. The van der Waals surface area contributed by atoms with Crippen molar-refractivity contribution < 1.29 is 28.7 Å². The first kappa shape index (κ1) is 40.1. The molecule has 4 N–H and O–H groups in total. The predicted octanol–water partition coefficient (Wildman–Crippen LogP) is 3.06. The number of benzene rings is 2. The SMILES string of the molecule is CC(C)CC(NCC(CCc1ccccc1)NC(=O)CN1CCOCC1)C(=O)NC(Cc1ccccc1)C(=O)NC(CC(C)C)C(=O)C1(C)CO1. The average Bonchev–Trinajstić information content (AvgIpc) is 3.86. The largest absolute Gasteiger partial charge is 0.379 e. The molecule has 2 fully saturated rings. The molecule has 2 aliphatic heterocycles. The summed E-state index contributed by atoms with van der Waals surface area (Å²) in [5.41, 5.74) is 1.18. The topological polar surface area (TPSA) is 141 Å². The van der Waals surface area contributed by atoms with Crippen LogP contribution in [0.15, 0.2) is 60.7 Å². The maximum atomic E-state index is 14.1. The molecule has 2 aromatic rings. The van der Waals surface area contributed by atoms with Gasteiger partial charge < -0.3 is 30.7 Å². The van der Waals surface area contributed by atoms with Gasteiger partial charge in [-0.1, -0.05) is 88.4 Å². The van der Waals surface area contributed by atoms with E-state index in [4.69, 9.17) is 9.47 Å². The molecule has 11 nitrogen and oxygen atoms in total. The first-order valence-electron chi connectivity index (χ1n) is 18.6. The smallest absolute Gasteiger partial charge is 0.243 e. The Morgan fingerprint density at radius 1 is 0.765 bits per heavy atom. The van der Waals surface area contributed by atoms with Gasteiger partial charge in [-0.25, -0.2) is 0 Å². The van der Waals surface area contributed by atoms with Crippen molar-refractivity contribution in [3.63, 3.8) is 0 Å². The molecule has 51 heavy (non-hydrogen) atoms. The van der Waals surface area contributed by atoms with E-state index in [0.717, 1.165) is 12.0 Å². The van der Waals surface area contributed by atoms with Crippen molar-refractivity contribution in [3.8, 4) is 0 Å². The van der Waals surface area contributed by atoms with E-state index in [1.807, 2.05) is 62.4 Å². The second kappa shape index (κ2) is 19.8. The zero-order chi connectivity index (χ0) is 36.8. The van der Waals surface area contributed by atoms with Gasteiger partial charge in [0.05, 0.1) is 38.4 Å². The minimum absolute atomic E-state index is 0.0582. The minimum Gasteiger partial charge on any atom is -0.379 e. The Hall–Kier alpha value is -3.64. The summed E-state index contributed by atoms with van der Waals surface area (Å²) < 4.78 is 10.9. The second-order valence-electron chi connectivity index (χ2n) is 15.1. The summed E-state index contributed by atoms with van der Waals surface area (Å²) in [5, 5.41) is 12.7. The summed E-state index contributed by atoms with van der Waals surface area (Å²) in [7, 11) is 0. The van der Waals surface area contributed by atoms with E-state index >= 15 is 0 Å². The fourth-order valence-electron chi connectivity index (χ4n) is 6.41. The number of carbonyl (C=O) groups excluding carboxylic acids is 4. The number of rotatable bonds is 21. The van der Waals surface area contributed by atoms with Crippen molar-refractivity contribution in [1.82, 2.24) is 26.2 Å². The number of amides is 3. The summed E-state index contributed by atoms with van der Waals surface area (Å²) in [6.45, 7) is 13.5. The van der Waals surface area contributed by atoms with Crippen molar-refractivity contribution in [2.24, 2.45) is 11.8 Å². The van der Waals surface area contributed by atoms with Gasteiger partial charge in [0, 0.05) is 32.1 Å². The van der Waals surface area contributed by atoms with Crippen LogP contribution in [0.1, 0.15) is 65.0 Å². The zero-order valence-corrected chi connectivity index (χ0v) is 31.1. The number of ether oxygens (including phenoxy) is 2. The quantitative estimate of drug-likeness (QED) is 0.145. The predicted molar refractivity (Wildman–Crippen MR) is 198 cm³/mol. The third-order valence-electron chi connectivity index (χ3n) is 9.45. The number of hydrogen-bond acceptors (Lipinski definition) is 8. The molecule has 2 saturated heterocycles. The van der Waals surface area contributed by atoms with Gasteiger partial charge in [-0.2, -0.15) is 0 Å². The van der Waals surface area contributed by atoms with E-state index < -0.39 is 29.6 Å². The Bertz CT molecular complexity index is 1390. The molecule has 2 aromatic carbocycles. The molecule has 2 heterocycles. The van der Waals surface area contributed by atoms with E-state index in [1.54, 1.807) is 6.92 Å². The van der Waals surface area contributed by atoms with E-state index in [0.29, 0.717) is 65.3 Å².